The van der Waals surface area contributed by atoms with Crippen molar-refractivity contribution in [2.75, 3.05) is 65.4 Å². The monoisotopic (exact) mass is 592 g/mol. The number of amides is 2. The van der Waals surface area contributed by atoms with Crippen LogP contribution in [0.5, 0.6) is 0 Å². The van der Waals surface area contributed by atoms with Crippen LogP contribution in [-0.2, 0) is 15.8 Å². The molecule has 1 unspecified atom stereocenters. The van der Waals surface area contributed by atoms with Gasteiger partial charge in [-0.05, 0) is 62.2 Å². The zero-order valence-corrected chi connectivity index (χ0v) is 25.0. The number of nitrogens with zero attached hydrogens (tertiary/aromatic N) is 7. The van der Waals surface area contributed by atoms with E-state index >= 15 is 0 Å². The lowest BCUT2D eigenvalue weighted by Gasteiger charge is -2.34. The molecule has 0 aliphatic carbocycles. The minimum absolute atomic E-state index is 0.260. The van der Waals surface area contributed by atoms with Crippen molar-refractivity contribution < 1.29 is 13.8 Å². The average molecular weight is 593 g/mol. The first-order valence-corrected chi connectivity index (χ1v) is 15.3. The summed E-state index contributed by atoms with van der Waals surface area (Å²) < 4.78 is 15.9. The van der Waals surface area contributed by atoms with Gasteiger partial charge in [-0.15, -0.1) is 0 Å². The summed E-state index contributed by atoms with van der Waals surface area (Å²) in [6.07, 6.45) is 2.16. The number of para-hydroxylation sites is 1. The Morgan fingerprint density at radius 3 is 2.54 bits per heavy atom. The molecule has 1 aliphatic heterocycles. The predicted molar refractivity (Wildman–Crippen MR) is 164 cm³/mol. The van der Waals surface area contributed by atoms with E-state index in [1.165, 1.54) is 0 Å². The van der Waals surface area contributed by atoms with E-state index in [1.54, 1.807) is 64.8 Å². The summed E-state index contributed by atoms with van der Waals surface area (Å²) in [6.45, 7) is 6.97. The lowest BCUT2D eigenvalue weighted by Crippen LogP contribution is -2.44. The number of carbonyl (C=O) groups excluding carboxylic acids is 2. The highest BCUT2D eigenvalue weighted by atomic mass is 32.2. The van der Waals surface area contributed by atoms with Crippen LogP contribution in [0, 0.1) is 18.3 Å². The quantitative estimate of drug-likeness (QED) is 0.278. The van der Waals surface area contributed by atoms with Gasteiger partial charge in [-0.2, -0.15) is 5.26 Å². The molecule has 13 heteroatoms. The molecule has 0 bridgehead atoms. The van der Waals surface area contributed by atoms with E-state index in [1.807, 2.05) is 32.0 Å². The number of piperazine rings is 1. The summed E-state index contributed by atoms with van der Waals surface area (Å²) >= 11 is 1.57. The number of benzene rings is 2. The predicted octanol–water partition coefficient (Wildman–Crippen LogP) is 3.45. The molecule has 4 rings (SSSR count). The van der Waals surface area contributed by atoms with E-state index < -0.39 is 11.0 Å². The van der Waals surface area contributed by atoms with Gasteiger partial charge in [0, 0.05) is 56.6 Å². The number of hydrogen-bond donors (Lipinski definition) is 1. The minimum atomic E-state index is -1.30. The maximum absolute atomic E-state index is 13.7. The fourth-order valence-corrected chi connectivity index (χ4v) is 5.88. The largest absolute Gasteiger partial charge is 0.338 e. The smallest absolute Gasteiger partial charge is 0.260 e. The Bertz CT molecular complexity index is 1490. The van der Waals surface area contributed by atoms with E-state index in [0.29, 0.717) is 60.3 Å². The fourth-order valence-electron chi connectivity index (χ4n) is 4.50. The molecule has 2 amide bonds. The van der Waals surface area contributed by atoms with Gasteiger partial charge in [0.15, 0.2) is 0 Å². The third-order valence-corrected chi connectivity index (χ3v) is 8.66. The Balaban J connectivity index is 1.51. The number of nitriles is 1. The molecular weight excluding hydrogens is 560 g/mol. The molecule has 3 aromatic rings. The molecule has 1 saturated heterocycles. The van der Waals surface area contributed by atoms with Crippen LogP contribution in [0.2, 0.25) is 0 Å². The lowest BCUT2D eigenvalue weighted by atomic mass is 10.1. The SMILES string of the molecule is CCN(C(=O)c1ccccc1N(C)S(C)=O)c1ccc(SN2CCN(c3nc(C)cc(C#N)n3)CC2)cc1NC=O. The highest BCUT2D eigenvalue weighted by Crippen LogP contribution is 2.34. The first-order chi connectivity index (χ1) is 19.7. The van der Waals surface area contributed by atoms with Gasteiger partial charge in [-0.3, -0.25) is 13.9 Å². The average Bonchev–Trinajstić information content (AvgIpc) is 2.98. The highest BCUT2D eigenvalue weighted by Gasteiger charge is 2.25. The fraction of sp³-hybridized carbons (Fsp3) is 0.321. The van der Waals surface area contributed by atoms with Gasteiger partial charge in [0.05, 0.1) is 22.6 Å². The van der Waals surface area contributed by atoms with Crippen LogP contribution >= 0.6 is 11.9 Å². The number of hydrogen-bond acceptors (Lipinski definition) is 9. The van der Waals surface area contributed by atoms with Crippen LogP contribution in [0.4, 0.5) is 23.0 Å². The molecule has 1 atom stereocenters. The molecule has 2 heterocycles. The molecule has 11 nitrogen and oxygen atoms in total. The standard InChI is InChI=1S/C28H32N8O3S2/c1-5-36(27(38)23-8-6-7-9-25(23)33(3)41(4)39)26-11-10-22(17-24(26)30-19-37)40-35-14-12-34(13-15-35)28-31-20(2)16-21(18-29)32-28/h6-11,16-17,19H,5,12-15H2,1-4H3,(H,30,37). The second-order valence-electron chi connectivity index (χ2n) is 9.24. The van der Waals surface area contributed by atoms with Crippen molar-refractivity contribution in [2.45, 2.75) is 18.7 Å². The van der Waals surface area contributed by atoms with Gasteiger partial charge in [-0.1, -0.05) is 12.1 Å². The lowest BCUT2D eigenvalue weighted by molar-refractivity contribution is -0.105. The van der Waals surface area contributed by atoms with Crippen molar-refractivity contribution in [1.82, 2.24) is 14.3 Å². The molecular formula is C28H32N8O3S2. The Kier molecular flexibility index (Phi) is 9.93. The van der Waals surface area contributed by atoms with Gasteiger partial charge in [0.25, 0.3) is 5.91 Å². The van der Waals surface area contributed by atoms with Crippen molar-refractivity contribution >= 4 is 58.3 Å². The second kappa shape index (κ2) is 13.6. The summed E-state index contributed by atoms with van der Waals surface area (Å²) in [5.74, 6) is 0.305. The molecule has 1 fully saturated rings. The van der Waals surface area contributed by atoms with Gasteiger partial charge in [0.1, 0.15) is 22.7 Å². The molecule has 0 spiro atoms. The van der Waals surface area contributed by atoms with E-state index in [4.69, 9.17) is 0 Å². The van der Waals surface area contributed by atoms with Crippen LogP contribution in [0.1, 0.15) is 28.7 Å². The summed E-state index contributed by atoms with van der Waals surface area (Å²) in [5.41, 5.74) is 3.18. The number of carbonyl (C=O) groups is 2. The summed E-state index contributed by atoms with van der Waals surface area (Å²) in [4.78, 5) is 38.7. The van der Waals surface area contributed by atoms with Crippen molar-refractivity contribution in [2.24, 2.45) is 0 Å². The first-order valence-electron chi connectivity index (χ1n) is 13.0. The first kappa shape index (κ1) is 30.0. The molecule has 2 aromatic carbocycles. The number of anilines is 4. The van der Waals surface area contributed by atoms with Crippen molar-refractivity contribution in [1.29, 1.82) is 5.26 Å². The Morgan fingerprint density at radius 1 is 1.15 bits per heavy atom. The summed E-state index contributed by atoms with van der Waals surface area (Å²) in [6, 6.07) is 16.4. The molecule has 41 heavy (non-hydrogen) atoms. The van der Waals surface area contributed by atoms with Crippen LogP contribution in [-0.4, -0.2) is 76.8 Å². The van der Waals surface area contributed by atoms with Gasteiger partial charge in [-0.25, -0.2) is 18.5 Å². The Morgan fingerprint density at radius 2 is 1.88 bits per heavy atom. The minimum Gasteiger partial charge on any atom is -0.338 e. The van der Waals surface area contributed by atoms with Gasteiger partial charge >= 0.3 is 0 Å². The molecule has 1 N–H and O–H groups in total. The van der Waals surface area contributed by atoms with Crippen LogP contribution < -0.4 is 19.4 Å². The van der Waals surface area contributed by atoms with E-state index in [0.717, 1.165) is 23.7 Å². The van der Waals surface area contributed by atoms with Crippen molar-refractivity contribution in [3.8, 4) is 6.07 Å². The third kappa shape index (κ3) is 7.02. The number of aromatic nitrogens is 2. The molecule has 214 valence electrons. The maximum Gasteiger partial charge on any atom is 0.260 e. The number of aryl methyl sites for hydroxylation is 1. The number of rotatable bonds is 10. The number of nitrogens with one attached hydrogen (secondary N) is 1. The van der Waals surface area contributed by atoms with E-state index in [2.05, 4.69) is 30.6 Å². The summed E-state index contributed by atoms with van der Waals surface area (Å²) in [7, 11) is 0.377. The van der Waals surface area contributed by atoms with Crippen LogP contribution in [0.25, 0.3) is 0 Å². The van der Waals surface area contributed by atoms with E-state index in [9.17, 15) is 19.1 Å². The van der Waals surface area contributed by atoms with Crippen molar-refractivity contribution in [3.63, 3.8) is 0 Å². The van der Waals surface area contributed by atoms with E-state index in [-0.39, 0.29) is 5.91 Å². The van der Waals surface area contributed by atoms with Gasteiger partial charge < -0.3 is 15.1 Å². The zero-order chi connectivity index (χ0) is 29.5. The molecule has 0 radical (unpaired) electrons. The van der Waals surface area contributed by atoms with Gasteiger partial charge in [0.2, 0.25) is 12.4 Å². The maximum atomic E-state index is 13.7. The Hall–Kier alpha value is -3.99. The zero-order valence-electron chi connectivity index (χ0n) is 23.4. The molecule has 1 aliphatic rings. The van der Waals surface area contributed by atoms with Crippen LogP contribution in [0.3, 0.4) is 0 Å². The molecule has 0 saturated carbocycles. The summed E-state index contributed by atoms with van der Waals surface area (Å²) in [5, 5.41) is 12.0. The highest BCUT2D eigenvalue weighted by molar-refractivity contribution is 7.97. The topological polar surface area (TPSA) is 126 Å². The Labute approximate surface area is 246 Å². The second-order valence-corrected chi connectivity index (χ2v) is 11.8. The normalized spacial score (nSPS) is 14.2. The molecule has 1 aromatic heterocycles. The van der Waals surface area contributed by atoms with Crippen molar-refractivity contribution in [3.05, 3.63) is 65.5 Å². The van der Waals surface area contributed by atoms with Crippen LogP contribution in [0.15, 0.2) is 53.4 Å². The third-order valence-electron chi connectivity index (χ3n) is 6.61.